The number of allylic oxidation sites excluding steroid dienone is 3. The highest BCUT2D eigenvalue weighted by Crippen LogP contribution is 2.64. The fourth-order valence-electron chi connectivity index (χ4n) is 3.54. The molecule has 1 heterocycles. The molecule has 140 valence electrons. The molecule has 2 aliphatic carbocycles. The molecule has 0 bridgehead atoms. The van der Waals surface area contributed by atoms with Crippen LogP contribution in [0.5, 0.6) is 11.6 Å². The van der Waals surface area contributed by atoms with E-state index in [0.29, 0.717) is 12.2 Å². The summed E-state index contributed by atoms with van der Waals surface area (Å²) in [5.41, 5.74) is 0.398. The summed E-state index contributed by atoms with van der Waals surface area (Å²) < 4.78 is 43.4. The molecule has 0 saturated heterocycles. The summed E-state index contributed by atoms with van der Waals surface area (Å²) >= 11 is 0. The second-order valence-corrected chi connectivity index (χ2v) is 6.76. The van der Waals surface area contributed by atoms with Crippen LogP contribution in [0.3, 0.4) is 0 Å². The molecule has 0 aliphatic heterocycles. The smallest absolute Gasteiger partial charge is 0.417 e. The second kappa shape index (κ2) is 6.13. The maximum atomic E-state index is 12.6. The van der Waals surface area contributed by atoms with Crippen LogP contribution in [0.4, 0.5) is 13.2 Å². The fraction of sp³-hybridized carbons (Fsp3) is 0.250. The van der Waals surface area contributed by atoms with E-state index in [1.807, 2.05) is 6.07 Å². The van der Waals surface area contributed by atoms with E-state index < -0.39 is 17.2 Å². The van der Waals surface area contributed by atoms with Gasteiger partial charge >= 0.3 is 6.18 Å². The van der Waals surface area contributed by atoms with E-state index in [-0.39, 0.29) is 24.2 Å². The number of ether oxygens (including phenoxy) is 1. The first-order valence-electron chi connectivity index (χ1n) is 8.37. The number of pyridine rings is 1. The third-order valence-corrected chi connectivity index (χ3v) is 5.10. The van der Waals surface area contributed by atoms with Crippen molar-refractivity contribution >= 4 is 5.57 Å². The number of nitrogens with zero attached hydrogens (tertiary/aromatic N) is 1. The number of halogens is 3. The van der Waals surface area contributed by atoms with E-state index in [0.717, 1.165) is 23.4 Å². The highest BCUT2D eigenvalue weighted by Gasteiger charge is 2.59. The van der Waals surface area contributed by atoms with Gasteiger partial charge in [-0.15, -0.1) is 0 Å². The summed E-state index contributed by atoms with van der Waals surface area (Å²) in [5.74, 6) is 0.666. The molecule has 1 aromatic carbocycles. The first-order chi connectivity index (χ1) is 12.8. The molecule has 2 aromatic rings. The minimum Gasteiger partial charge on any atom is -0.512 e. The Morgan fingerprint density at radius 1 is 1.19 bits per heavy atom. The Morgan fingerprint density at radius 2 is 2.00 bits per heavy atom. The Kier molecular flexibility index (Phi) is 3.99. The van der Waals surface area contributed by atoms with Crippen LogP contribution in [0.15, 0.2) is 60.5 Å². The van der Waals surface area contributed by atoms with Gasteiger partial charge in [-0.25, -0.2) is 4.98 Å². The second-order valence-electron chi connectivity index (χ2n) is 6.76. The molecule has 4 nitrogen and oxygen atoms in total. The largest absolute Gasteiger partial charge is 0.512 e. The summed E-state index contributed by atoms with van der Waals surface area (Å²) in [7, 11) is 0. The lowest BCUT2D eigenvalue weighted by molar-refractivity contribution is -0.137. The molecule has 1 aromatic heterocycles. The first kappa shape index (κ1) is 17.6. The van der Waals surface area contributed by atoms with Gasteiger partial charge in [0.05, 0.1) is 17.9 Å². The quantitative estimate of drug-likeness (QED) is 0.811. The maximum absolute atomic E-state index is 12.6. The summed E-state index contributed by atoms with van der Waals surface area (Å²) in [4.78, 5) is 3.71. The molecule has 2 N–H and O–H groups in total. The van der Waals surface area contributed by atoms with Crippen molar-refractivity contribution in [2.45, 2.75) is 12.6 Å². The van der Waals surface area contributed by atoms with Crippen molar-refractivity contribution in [3.05, 3.63) is 71.6 Å². The fourth-order valence-corrected chi connectivity index (χ4v) is 3.54. The Bertz CT molecular complexity index is 934. The molecule has 2 unspecified atom stereocenters. The van der Waals surface area contributed by atoms with Crippen LogP contribution >= 0.6 is 0 Å². The summed E-state index contributed by atoms with van der Waals surface area (Å²) in [6.07, 6.45) is 0.364. The lowest BCUT2D eigenvalue weighted by atomic mass is 9.85. The van der Waals surface area contributed by atoms with Gasteiger partial charge in [-0.05, 0) is 41.8 Å². The molecule has 0 radical (unpaired) electrons. The van der Waals surface area contributed by atoms with E-state index in [1.54, 1.807) is 30.4 Å². The molecular weight excluding hydrogens is 359 g/mol. The van der Waals surface area contributed by atoms with Crippen molar-refractivity contribution in [2.75, 3.05) is 6.61 Å². The molecule has 27 heavy (non-hydrogen) atoms. The van der Waals surface area contributed by atoms with Crippen LogP contribution in [0.1, 0.15) is 17.5 Å². The number of rotatable bonds is 4. The Labute approximate surface area is 153 Å². The SMILES string of the molecule is OCC12CC1C(O)=CC=C2c1cccc(Oc2ccc(C(F)(F)F)cn2)c1. The normalized spacial score (nSPS) is 23.9. The number of aliphatic hydroxyl groups excluding tert-OH is 2. The van der Waals surface area contributed by atoms with Crippen molar-refractivity contribution in [1.29, 1.82) is 0 Å². The van der Waals surface area contributed by atoms with Crippen molar-refractivity contribution in [3.8, 4) is 11.6 Å². The van der Waals surface area contributed by atoms with E-state index in [4.69, 9.17) is 4.74 Å². The summed E-state index contributed by atoms with van der Waals surface area (Å²) in [6.45, 7) is -0.0764. The van der Waals surface area contributed by atoms with Gasteiger partial charge in [0.15, 0.2) is 0 Å². The number of fused-ring (bicyclic) bond motifs is 1. The Morgan fingerprint density at radius 3 is 2.67 bits per heavy atom. The average Bonchev–Trinajstić information content (AvgIpc) is 3.39. The van der Waals surface area contributed by atoms with Crippen LogP contribution in [-0.2, 0) is 6.18 Å². The third kappa shape index (κ3) is 3.08. The zero-order valence-electron chi connectivity index (χ0n) is 14.1. The van der Waals surface area contributed by atoms with E-state index in [1.165, 1.54) is 6.07 Å². The number of hydrogen-bond acceptors (Lipinski definition) is 4. The van der Waals surface area contributed by atoms with Gasteiger partial charge in [0, 0.05) is 23.6 Å². The van der Waals surface area contributed by atoms with Crippen molar-refractivity contribution in [1.82, 2.24) is 4.98 Å². The number of hydrogen-bond donors (Lipinski definition) is 2. The number of benzene rings is 1. The summed E-state index contributed by atoms with van der Waals surface area (Å²) in [6, 6.07) is 9.13. The predicted molar refractivity (Wildman–Crippen MR) is 92.1 cm³/mol. The van der Waals surface area contributed by atoms with E-state index in [2.05, 4.69) is 4.98 Å². The number of alkyl halides is 3. The lowest BCUT2D eigenvalue weighted by Crippen LogP contribution is -2.16. The number of aromatic nitrogens is 1. The average molecular weight is 375 g/mol. The Hall–Kier alpha value is -2.80. The van der Waals surface area contributed by atoms with Crippen LogP contribution in [0.2, 0.25) is 0 Å². The topological polar surface area (TPSA) is 62.6 Å². The van der Waals surface area contributed by atoms with Crippen molar-refractivity contribution < 1.29 is 28.1 Å². The van der Waals surface area contributed by atoms with Crippen LogP contribution in [0.25, 0.3) is 5.57 Å². The molecule has 1 fully saturated rings. The van der Waals surface area contributed by atoms with E-state index >= 15 is 0 Å². The van der Waals surface area contributed by atoms with Gasteiger partial charge in [-0.3, -0.25) is 0 Å². The molecule has 4 rings (SSSR count). The molecule has 0 spiro atoms. The number of aliphatic hydroxyl groups is 2. The summed E-state index contributed by atoms with van der Waals surface area (Å²) in [5, 5.41) is 19.7. The van der Waals surface area contributed by atoms with Crippen LogP contribution in [0, 0.1) is 11.3 Å². The standard InChI is InChI=1S/C20H16F3NO3/c21-20(22,23)13-4-7-18(24-10-13)27-14-3-1-2-12(8-14)15-5-6-17(26)16-9-19(15,16)11-25/h1-8,10,16,25-26H,9,11H2. The first-order valence-corrected chi connectivity index (χ1v) is 8.37. The van der Waals surface area contributed by atoms with Gasteiger partial charge in [0.25, 0.3) is 0 Å². The lowest BCUT2D eigenvalue weighted by Gasteiger charge is -2.22. The van der Waals surface area contributed by atoms with Gasteiger partial charge in [-0.2, -0.15) is 13.2 Å². The van der Waals surface area contributed by atoms with E-state index in [9.17, 15) is 23.4 Å². The predicted octanol–water partition coefficient (Wildman–Crippen LogP) is 4.73. The highest BCUT2D eigenvalue weighted by atomic mass is 19.4. The van der Waals surface area contributed by atoms with Crippen LogP contribution in [-0.4, -0.2) is 21.8 Å². The monoisotopic (exact) mass is 375 g/mol. The van der Waals surface area contributed by atoms with Crippen molar-refractivity contribution in [2.24, 2.45) is 11.3 Å². The zero-order chi connectivity index (χ0) is 19.2. The zero-order valence-corrected chi connectivity index (χ0v) is 14.1. The molecular formula is C20H16F3NO3. The third-order valence-electron chi connectivity index (χ3n) is 5.10. The van der Waals surface area contributed by atoms with Gasteiger partial charge in [-0.1, -0.05) is 18.2 Å². The highest BCUT2D eigenvalue weighted by molar-refractivity contribution is 5.78. The minimum atomic E-state index is -4.45. The molecule has 7 heteroatoms. The Balaban J connectivity index is 1.59. The molecule has 2 atom stereocenters. The van der Waals surface area contributed by atoms with Gasteiger partial charge < -0.3 is 14.9 Å². The minimum absolute atomic E-state index is 0.0523. The van der Waals surface area contributed by atoms with Gasteiger partial charge in [0.1, 0.15) is 5.75 Å². The molecule has 0 amide bonds. The maximum Gasteiger partial charge on any atom is 0.417 e. The molecule has 1 saturated carbocycles. The molecule has 2 aliphatic rings. The van der Waals surface area contributed by atoms with Crippen molar-refractivity contribution in [3.63, 3.8) is 0 Å². The van der Waals surface area contributed by atoms with Gasteiger partial charge in [0.2, 0.25) is 5.88 Å². The van der Waals surface area contributed by atoms with Crippen LogP contribution < -0.4 is 4.74 Å².